The fraction of sp³-hybridized carbons (Fsp3) is 0.607. The minimum Gasteiger partial charge on any atom is -0.459 e. The van der Waals surface area contributed by atoms with Crippen LogP contribution in [0.5, 0.6) is 0 Å². The van der Waals surface area contributed by atoms with Crippen molar-refractivity contribution in [3.8, 4) is 0 Å². The Hall–Kier alpha value is -2.83. The van der Waals surface area contributed by atoms with Crippen LogP contribution in [-0.2, 0) is 14.3 Å². The second-order valence-electron chi connectivity index (χ2n) is 11.1. The van der Waals surface area contributed by atoms with Gasteiger partial charge in [-0.25, -0.2) is 9.59 Å². The molecule has 7 nitrogen and oxygen atoms in total. The van der Waals surface area contributed by atoms with Crippen molar-refractivity contribution in [3.05, 3.63) is 41.1 Å². The molecule has 7 heteroatoms. The van der Waals surface area contributed by atoms with Crippen molar-refractivity contribution in [1.82, 2.24) is 10.2 Å². The molecule has 1 aromatic carbocycles. The number of carbonyl (C=O) groups is 3. The maximum Gasteiger partial charge on any atom is 0.338 e. The van der Waals surface area contributed by atoms with E-state index in [4.69, 9.17) is 4.74 Å². The van der Waals surface area contributed by atoms with Crippen LogP contribution in [0, 0.1) is 11.3 Å². The number of urea groups is 1. The first-order valence-corrected chi connectivity index (χ1v) is 12.7. The highest BCUT2D eigenvalue weighted by atomic mass is 16.5. The molecule has 0 saturated heterocycles. The minimum atomic E-state index is -0.664. The van der Waals surface area contributed by atoms with Gasteiger partial charge in [-0.2, -0.15) is 0 Å². The molecular weight excluding hydrogens is 442 g/mol. The highest BCUT2D eigenvalue weighted by molar-refractivity contribution is 5.95. The molecule has 2 N–H and O–H groups in total. The summed E-state index contributed by atoms with van der Waals surface area (Å²) >= 11 is 0. The summed E-state index contributed by atoms with van der Waals surface area (Å²) in [7, 11) is 0. The average molecular weight is 486 g/mol. The van der Waals surface area contributed by atoms with Gasteiger partial charge in [0.15, 0.2) is 0 Å². The number of esters is 1. The zero-order valence-corrected chi connectivity index (χ0v) is 22.7. The maximum atomic E-state index is 13.1. The number of nitrogens with one attached hydrogen (secondary N) is 2. The van der Waals surface area contributed by atoms with E-state index >= 15 is 0 Å². The number of anilines is 1. The van der Waals surface area contributed by atoms with E-state index in [-0.39, 0.29) is 29.4 Å². The van der Waals surface area contributed by atoms with Crippen molar-refractivity contribution in [1.29, 1.82) is 0 Å². The van der Waals surface area contributed by atoms with Gasteiger partial charge in [0.05, 0.1) is 17.7 Å². The molecule has 1 aromatic rings. The summed E-state index contributed by atoms with van der Waals surface area (Å²) in [6, 6.07) is 6.39. The van der Waals surface area contributed by atoms with Crippen LogP contribution in [-0.4, -0.2) is 35.5 Å². The lowest BCUT2D eigenvalue weighted by molar-refractivity contribution is -0.143. The van der Waals surface area contributed by atoms with Crippen LogP contribution >= 0.6 is 0 Å². The molecule has 3 amide bonds. The number of allylic oxidation sites excluding steroid dienone is 1. The van der Waals surface area contributed by atoms with Crippen LogP contribution in [0.15, 0.2) is 35.5 Å². The van der Waals surface area contributed by atoms with Gasteiger partial charge in [-0.1, -0.05) is 53.2 Å². The fourth-order valence-electron chi connectivity index (χ4n) is 4.60. The van der Waals surface area contributed by atoms with E-state index < -0.39 is 12.0 Å². The van der Waals surface area contributed by atoms with Crippen molar-refractivity contribution in [2.75, 3.05) is 11.9 Å². The molecule has 0 bridgehead atoms. The highest BCUT2D eigenvalue weighted by Gasteiger charge is 2.36. The molecule has 0 saturated carbocycles. The standard InChI is InChI=1S/C28H43N3O4/c1-9-10-14-31-20(5)24(26(33)35-18(2)3)25(30-27(31)34)21-12-11-13-22(16-21)29-23(32)15-19(4)17-28(6,7)8/h11-13,16,18-19,25H,9-10,14-15,17H2,1-8H3,(H,29,32)(H,30,34). The zero-order chi connectivity index (χ0) is 26.3. The molecule has 0 spiro atoms. The lowest BCUT2D eigenvalue weighted by Gasteiger charge is -2.35. The lowest BCUT2D eigenvalue weighted by atomic mass is 9.84. The van der Waals surface area contributed by atoms with Crippen LogP contribution < -0.4 is 10.6 Å². The number of carbonyl (C=O) groups excluding carboxylic acids is 3. The minimum absolute atomic E-state index is 0.0523. The Morgan fingerprint density at radius 1 is 1.20 bits per heavy atom. The largest absolute Gasteiger partial charge is 0.459 e. The van der Waals surface area contributed by atoms with Gasteiger partial charge in [0.2, 0.25) is 5.91 Å². The third-order valence-electron chi connectivity index (χ3n) is 5.89. The van der Waals surface area contributed by atoms with Gasteiger partial charge in [0.1, 0.15) is 0 Å². The van der Waals surface area contributed by atoms with Crippen LogP contribution in [0.2, 0.25) is 0 Å². The van der Waals surface area contributed by atoms with E-state index in [0.29, 0.717) is 35.5 Å². The molecule has 194 valence electrons. The van der Waals surface area contributed by atoms with Crippen molar-refractivity contribution in [3.63, 3.8) is 0 Å². The number of benzene rings is 1. The Bertz CT molecular complexity index is 946. The highest BCUT2D eigenvalue weighted by Crippen LogP contribution is 2.33. The lowest BCUT2D eigenvalue weighted by Crippen LogP contribution is -2.48. The van der Waals surface area contributed by atoms with Crippen molar-refractivity contribution >= 4 is 23.6 Å². The van der Waals surface area contributed by atoms with Gasteiger partial charge in [-0.05, 0) is 62.6 Å². The summed E-state index contributed by atoms with van der Waals surface area (Å²) in [4.78, 5) is 40.3. The molecule has 0 aromatic heterocycles. The number of ether oxygens (including phenoxy) is 1. The first-order chi connectivity index (χ1) is 16.3. The van der Waals surface area contributed by atoms with Crippen LogP contribution in [0.25, 0.3) is 0 Å². The monoisotopic (exact) mass is 485 g/mol. The third-order valence-corrected chi connectivity index (χ3v) is 5.89. The molecule has 1 heterocycles. The first kappa shape index (κ1) is 28.4. The summed E-state index contributed by atoms with van der Waals surface area (Å²) in [6.45, 7) is 16.6. The number of rotatable bonds is 10. The summed E-state index contributed by atoms with van der Waals surface area (Å²) in [6.07, 6.45) is 2.86. The molecule has 2 atom stereocenters. The Kier molecular flexibility index (Phi) is 9.92. The van der Waals surface area contributed by atoms with E-state index in [0.717, 1.165) is 19.3 Å². The van der Waals surface area contributed by atoms with Gasteiger partial charge in [-0.3, -0.25) is 9.69 Å². The van der Waals surface area contributed by atoms with Gasteiger partial charge < -0.3 is 15.4 Å². The smallest absolute Gasteiger partial charge is 0.338 e. The molecule has 1 aliphatic rings. The SMILES string of the molecule is CCCCN1C(=O)NC(c2cccc(NC(=O)CC(C)CC(C)(C)C)c2)C(C(=O)OC(C)C)=C1C. The molecule has 0 radical (unpaired) electrons. The van der Waals surface area contributed by atoms with E-state index in [1.54, 1.807) is 25.7 Å². The Morgan fingerprint density at radius 2 is 1.89 bits per heavy atom. The number of amides is 3. The second kappa shape index (κ2) is 12.2. The van der Waals surface area contributed by atoms with Crippen LogP contribution in [0.4, 0.5) is 10.5 Å². The van der Waals surface area contributed by atoms with E-state index in [9.17, 15) is 14.4 Å². The molecule has 2 unspecified atom stereocenters. The zero-order valence-electron chi connectivity index (χ0n) is 22.7. The molecular formula is C28H43N3O4. The Labute approximate surface area is 210 Å². The second-order valence-corrected chi connectivity index (χ2v) is 11.1. The summed E-state index contributed by atoms with van der Waals surface area (Å²) in [5, 5.41) is 5.96. The van der Waals surface area contributed by atoms with Crippen molar-refractivity contribution < 1.29 is 19.1 Å². The van der Waals surface area contributed by atoms with Crippen molar-refractivity contribution in [2.24, 2.45) is 11.3 Å². The normalized spacial score (nSPS) is 17.3. The summed E-state index contributed by atoms with van der Waals surface area (Å²) < 4.78 is 5.53. The van der Waals surface area contributed by atoms with Crippen LogP contribution in [0.3, 0.4) is 0 Å². The van der Waals surface area contributed by atoms with Gasteiger partial charge in [0, 0.05) is 24.4 Å². The van der Waals surface area contributed by atoms with Gasteiger partial charge in [-0.15, -0.1) is 0 Å². The predicted octanol–water partition coefficient (Wildman–Crippen LogP) is 6.18. The Morgan fingerprint density at radius 3 is 2.49 bits per heavy atom. The number of unbranched alkanes of at least 4 members (excludes halogenated alkanes) is 1. The first-order valence-electron chi connectivity index (χ1n) is 12.7. The summed E-state index contributed by atoms with van der Waals surface area (Å²) in [5.41, 5.74) is 2.52. The van der Waals surface area contributed by atoms with E-state index in [1.807, 2.05) is 24.3 Å². The molecule has 0 aliphatic carbocycles. The summed E-state index contributed by atoms with van der Waals surface area (Å²) in [5.74, 6) is -0.245. The molecule has 35 heavy (non-hydrogen) atoms. The number of hydrogen-bond donors (Lipinski definition) is 2. The quantitative estimate of drug-likeness (QED) is 0.387. The van der Waals surface area contributed by atoms with Gasteiger partial charge in [0.25, 0.3) is 0 Å². The third kappa shape index (κ3) is 8.41. The Balaban J connectivity index is 2.31. The van der Waals surface area contributed by atoms with E-state index in [2.05, 4.69) is 45.3 Å². The van der Waals surface area contributed by atoms with E-state index in [1.165, 1.54) is 0 Å². The predicted molar refractivity (Wildman–Crippen MR) is 140 cm³/mol. The maximum absolute atomic E-state index is 13.1. The topological polar surface area (TPSA) is 87.7 Å². The molecule has 2 rings (SSSR count). The van der Waals surface area contributed by atoms with Crippen molar-refractivity contribution in [2.45, 2.75) is 93.2 Å². The molecule has 0 fully saturated rings. The molecule has 1 aliphatic heterocycles. The van der Waals surface area contributed by atoms with Gasteiger partial charge >= 0.3 is 12.0 Å². The number of hydrogen-bond acceptors (Lipinski definition) is 4. The van der Waals surface area contributed by atoms with Crippen LogP contribution in [0.1, 0.15) is 92.7 Å². The average Bonchev–Trinajstić information content (AvgIpc) is 2.71. The number of nitrogens with zero attached hydrogens (tertiary/aromatic N) is 1. The fourth-order valence-corrected chi connectivity index (χ4v) is 4.60.